The molecule has 0 radical (unpaired) electrons. The first kappa shape index (κ1) is 18.3. The van der Waals surface area contributed by atoms with Gasteiger partial charge in [0.25, 0.3) is 5.91 Å². The predicted molar refractivity (Wildman–Crippen MR) is 104 cm³/mol. The smallest absolute Gasteiger partial charge is 0.254 e. The molecular formula is C22H23N3O3. The van der Waals surface area contributed by atoms with Gasteiger partial charge in [-0.25, -0.2) is 0 Å². The third kappa shape index (κ3) is 4.10. The molecule has 0 atom stereocenters. The number of nitrogens with zero attached hydrogens (tertiary/aromatic N) is 3. The number of hydrogen-bond acceptors (Lipinski definition) is 5. The largest absolute Gasteiger partial charge is 0.486 e. The summed E-state index contributed by atoms with van der Waals surface area (Å²) in [5.74, 6) is 1.39. The van der Waals surface area contributed by atoms with Gasteiger partial charge in [0.1, 0.15) is 13.2 Å². The summed E-state index contributed by atoms with van der Waals surface area (Å²) >= 11 is 0. The predicted octanol–water partition coefficient (Wildman–Crippen LogP) is 2.68. The van der Waals surface area contributed by atoms with Gasteiger partial charge in [-0.15, -0.1) is 0 Å². The Morgan fingerprint density at radius 1 is 0.964 bits per heavy atom. The molecule has 1 amide bonds. The van der Waals surface area contributed by atoms with Crippen molar-refractivity contribution in [3.8, 4) is 17.6 Å². The zero-order valence-corrected chi connectivity index (χ0v) is 15.8. The molecule has 1 saturated heterocycles. The van der Waals surface area contributed by atoms with Crippen LogP contribution in [0.5, 0.6) is 11.5 Å². The average Bonchev–Trinajstić information content (AvgIpc) is 2.99. The van der Waals surface area contributed by atoms with Crippen LogP contribution >= 0.6 is 0 Å². The van der Waals surface area contributed by atoms with Crippen LogP contribution in [0.2, 0.25) is 0 Å². The van der Waals surface area contributed by atoms with E-state index in [1.165, 1.54) is 5.56 Å². The van der Waals surface area contributed by atoms with E-state index in [-0.39, 0.29) is 5.91 Å². The van der Waals surface area contributed by atoms with Gasteiger partial charge in [0.2, 0.25) is 0 Å². The molecule has 0 N–H and O–H groups in total. The van der Waals surface area contributed by atoms with Gasteiger partial charge >= 0.3 is 0 Å². The van der Waals surface area contributed by atoms with Crippen molar-refractivity contribution in [1.29, 1.82) is 5.26 Å². The summed E-state index contributed by atoms with van der Waals surface area (Å²) < 4.78 is 11.1. The Morgan fingerprint density at radius 2 is 1.75 bits per heavy atom. The van der Waals surface area contributed by atoms with E-state index in [0.717, 1.165) is 32.6 Å². The van der Waals surface area contributed by atoms with Crippen LogP contribution in [0.4, 0.5) is 0 Å². The van der Waals surface area contributed by atoms with Crippen molar-refractivity contribution in [2.75, 3.05) is 39.4 Å². The fraction of sp³-hybridized carbons (Fsp3) is 0.364. The lowest BCUT2D eigenvalue weighted by Gasteiger charge is -2.23. The van der Waals surface area contributed by atoms with Crippen molar-refractivity contribution in [2.24, 2.45) is 0 Å². The van der Waals surface area contributed by atoms with Crippen molar-refractivity contribution in [2.45, 2.75) is 13.0 Å². The highest BCUT2D eigenvalue weighted by molar-refractivity contribution is 5.95. The fourth-order valence-corrected chi connectivity index (χ4v) is 3.63. The normalized spacial score (nSPS) is 16.9. The zero-order valence-electron chi connectivity index (χ0n) is 15.8. The van der Waals surface area contributed by atoms with Crippen LogP contribution in [0.15, 0.2) is 42.5 Å². The van der Waals surface area contributed by atoms with Gasteiger partial charge in [-0.1, -0.05) is 12.1 Å². The molecule has 1 fully saturated rings. The number of rotatable bonds is 3. The minimum Gasteiger partial charge on any atom is -0.486 e. The molecule has 0 unspecified atom stereocenters. The number of amides is 1. The number of benzene rings is 2. The van der Waals surface area contributed by atoms with Gasteiger partial charge in [-0.05, 0) is 42.3 Å². The molecule has 28 heavy (non-hydrogen) atoms. The van der Waals surface area contributed by atoms with Crippen LogP contribution in [0.1, 0.15) is 27.9 Å². The van der Waals surface area contributed by atoms with E-state index < -0.39 is 0 Å². The van der Waals surface area contributed by atoms with Gasteiger partial charge in [-0.3, -0.25) is 9.69 Å². The third-order valence-corrected chi connectivity index (χ3v) is 5.15. The van der Waals surface area contributed by atoms with Crippen LogP contribution in [0.25, 0.3) is 0 Å². The fourth-order valence-electron chi connectivity index (χ4n) is 3.63. The van der Waals surface area contributed by atoms with Crippen molar-refractivity contribution in [3.05, 3.63) is 59.2 Å². The summed E-state index contributed by atoms with van der Waals surface area (Å²) in [7, 11) is 0. The molecule has 4 rings (SSSR count). The molecule has 2 aliphatic rings. The van der Waals surface area contributed by atoms with Crippen LogP contribution in [0.3, 0.4) is 0 Å². The SMILES string of the molecule is N#Cc1ccc(CN2CCCN(C(=O)c3ccc4c(c3)OCCO4)CC2)cc1. The van der Waals surface area contributed by atoms with Gasteiger partial charge < -0.3 is 14.4 Å². The topological polar surface area (TPSA) is 65.8 Å². The molecular weight excluding hydrogens is 354 g/mol. The maximum absolute atomic E-state index is 13.0. The van der Waals surface area contributed by atoms with Gasteiger partial charge in [-0.2, -0.15) is 5.26 Å². The number of carbonyl (C=O) groups is 1. The molecule has 0 bridgehead atoms. The number of carbonyl (C=O) groups excluding carboxylic acids is 1. The van der Waals surface area contributed by atoms with E-state index in [0.29, 0.717) is 42.4 Å². The molecule has 0 aromatic heterocycles. The van der Waals surface area contributed by atoms with Crippen molar-refractivity contribution in [3.63, 3.8) is 0 Å². The van der Waals surface area contributed by atoms with Gasteiger partial charge in [0, 0.05) is 38.3 Å². The molecule has 0 aliphatic carbocycles. The van der Waals surface area contributed by atoms with E-state index in [1.807, 2.05) is 41.3 Å². The highest BCUT2D eigenvalue weighted by Gasteiger charge is 2.22. The molecule has 144 valence electrons. The summed E-state index contributed by atoms with van der Waals surface area (Å²) in [6.07, 6.45) is 0.937. The lowest BCUT2D eigenvalue weighted by atomic mass is 10.1. The highest BCUT2D eigenvalue weighted by atomic mass is 16.6. The van der Waals surface area contributed by atoms with Gasteiger partial charge in [0.15, 0.2) is 11.5 Å². The Hall–Kier alpha value is -3.04. The standard InChI is InChI=1S/C22H23N3O3/c23-15-17-2-4-18(5-3-17)16-24-8-1-9-25(11-10-24)22(26)19-6-7-20-21(14-19)28-13-12-27-20/h2-7,14H,1,8-13,16H2. The molecule has 6 nitrogen and oxygen atoms in total. The zero-order chi connectivity index (χ0) is 19.3. The Bertz CT molecular complexity index is 889. The summed E-state index contributed by atoms with van der Waals surface area (Å²) in [4.78, 5) is 17.2. The van der Waals surface area contributed by atoms with E-state index in [2.05, 4.69) is 11.0 Å². The molecule has 2 aliphatic heterocycles. The number of fused-ring (bicyclic) bond motifs is 1. The lowest BCUT2D eigenvalue weighted by molar-refractivity contribution is 0.0760. The van der Waals surface area contributed by atoms with Crippen LogP contribution in [-0.2, 0) is 6.54 Å². The molecule has 0 spiro atoms. The Morgan fingerprint density at radius 3 is 2.54 bits per heavy atom. The van der Waals surface area contributed by atoms with E-state index in [1.54, 1.807) is 6.07 Å². The van der Waals surface area contributed by atoms with Crippen molar-refractivity contribution >= 4 is 5.91 Å². The monoisotopic (exact) mass is 377 g/mol. The minimum absolute atomic E-state index is 0.0391. The first-order chi connectivity index (χ1) is 13.7. The van der Waals surface area contributed by atoms with Gasteiger partial charge in [0.05, 0.1) is 11.6 Å². The second-order valence-electron chi connectivity index (χ2n) is 7.09. The van der Waals surface area contributed by atoms with Crippen LogP contribution in [0, 0.1) is 11.3 Å². The van der Waals surface area contributed by atoms with E-state index in [9.17, 15) is 4.79 Å². The second kappa shape index (κ2) is 8.32. The minimum atomic E-state index is 0.0391. The number of ether oxygens (including phenoxy) is 2. The Kier molecular flexibility index (Phi) is 5.45. The first-order valence-corrected chi connectivity index (χ1v) is 9.63. The molecule has 2 heterocycles. The quantitative estimate of drug-likeness (QED) is 0.823. The van der Waals surface area contributed by atoms with E-state index >= 15 is 0 Å². The number of nitriles is 1. The Balaban J connectivity index is 1.38. The molecule has 2 aromatic rings. The van der Waals surface area contributed by atoms with Crippen molar-refractivity contribution in [1.82, 2.24) is 9.80 Å². The summed E-state index contributed by atoms with van der Waals surface area (Å²) in [5.41, 5.74) is 2.51. The summed E-state index contributed by atoms with van der Waals surface area (Å²) in [5, 5.41) is 8.92. The van der Waals surface area contributed by atoms with Crippen molar-refractivity contribution < 1.29 is 14.3 Å². The second-order valence-corrected chi connectivity index (χ2v) is 7.09. The molecule has 0 saturated carbocycles. The van der Waals surface area contributed by atoms with Crippen LogP contribution in [-0.4, -0.2) is 55.1 Å². The van der Waals surface area contributed by atoms with Crippen LogP contribution < -0.4 is 9.47 Å². The Labute approximate surface area is 164 Å². The maximum atomic E-state index is 13.0. The third-order valence-electron chi connectivity index (χ3n) is 5.15. The molecule has 2 aromatic carbocycles. The van der Waals surface area contributed by atoms with E-state index in [4.69, 9.17) is 14.7 Å². The average molecular weight is 377 g/mol. The summed E-state index contributed by atoms with van der Waals surface area (Å²) in [6, 6.07) is 15.3. The highest BCUT2D eigenvalue weighted by Crippen LogP contribution is 2.31. The molecule has 6 heteroatoms. The first-order valence-electron chi connectivity index (χ1n) is 9.63. The number of hydrogen-bond donors (Lipinski definition) is 0. The summed E-state index contributed by atoms with van der Waals surface area (Å²) in [6.45, 7) is 5.11. The maximum Gasteiger partial charge on any atom is 0.254 e. The lowest BCUT2D eigenvalue weighted by Crippen LogP contribution is -2.35.